The number of benzene rings is 1. The Hall–Kier alpha value is -2.74. The van der Waals surface area contributed by atoms with Gasteiger partial charge >= 0.3 is 0 Å². The highest BCUT2D eigenvalue weighted by Crippen LogP contribution is 2.20. The molecule has 136 valence electrons. The number of hydrogen-bond acceptors (Lipinski definition) is 5. The predicted molar refractivity (Wildman–Crippen MR) is 92.2 cm³/mol. The fourth-order valence-corrected chi connectivity index (χ4v) is 3.09. The summed E-state index contributed by atoms with van der Waals surface area (Å²) in [6, 6.07) is 4.87. The molecule has 0 radical (unpaired) electrons. The zero-order valence-electron chi connectivity index (χ0n) is 14.5. The zero-order chi connectivity index (χ0) is 17.9. The summed E-state index contributed by atoms with van der Waals surface area (Å²) < 4.78 is 27.7. The Morgan fingerprint density at radius 2 is 2.23 bits per heavy atom. The highest BCUT2D eigenvalue weighted by atomic mass is 19.1. The number of methoxy groups -OCH3 is 1. The van der Waals surface area contributed by atoms with Crippen LogP contribution in [0.3, 0.4) is 0 Å². The lowest BCUT2D eigenvalue weighted by molar-refractivity contribution is 0.181. The van der Waals surface area contributed by atoms with Gasteiger partial charge in [-0.25, -0.2) is 9.07 Å². The van der Waals surface area contributed by atoms with Gasteiger partial charge < -0.3 is 9.47 Å². The normalized spacial score (nSPS) is 16.9. The average molecular weight is 357 g/mol. The third-order valence-corrected chi connectivity index (χ3v) is 4.50. The summed E-state index contributed by atoms with van der Waals surface area (Å²) in [6.45, 7) is 2.91. The topological polar surface area (TPSA) is 67.0 Å². The van der Waals surface area contributed by atoms with Crippen molar-refractivity contribution in [3.05, 3.63) is 48.2 Å². The van der Waals surface area contributed by atoms with Gasteiger partial charge in [0.1, 0.15) is 5.69 Å². The summed E-state index contributed by atoms with van der Waals surface area (Å²) in [5, 5.41) is 12.7. The van der Waals surface area contributed by atoms with Gasteiger partial charge in [0.15, 0.2) is 11.6 Å². The van der Waals surface area contributed by atoms with Crippen LogP contribution in [0.1, 0.15) is 12.0 Å². The van der Waals surface area contributed by atoms with Crippen LogP contribution in [-0.2, 0) is 17.8 Å². The molecule has 1 atom stereocenters. The van der Waals surface area contributed by atoms with Crippen LogP contribution in [0.5, 0.6) is 5.75 Å². The van der Waals surface area contributed by atoms with Crippen molar-refractivity contribution in [2.45, 2.75) is 19.5 Å². The van der Waals surface area contributed by atoms with E-state index in [0.717, 1.165) is 43.0 Å². The standard InChI is InChI=1S/C18H20FN5O2/c1-25-18-3-2-13(6-16(18)19)8-24-11-17(21-22-24)15-7-20-23(10-15)9-14-4-5-26-12-14/h2-3,6-7,10-11,14H,4-5,8-9,12H2,1H3. The third-order valence-electron chi connectivity index (χ3n) is 4.50. The van der Waals surface area contributed by atoms with Gasteiger partial charge in [0.2, 0.25) is 0 Å². The Morgan fingerprint density at radius 3 is 3.00 bits per heavy atom. The molecule has 0 amide bonds. The minimum absolute atomic E-state index is 0.230. The van der Waals surface area contributed by atoms with Crippen LogP contribution in [0.15, 0.2) is 36.8 Å². The first-order chi connectivity index (χ1) is 12.7. The second-order valence-electron chi connectivity index (χ2n) is 6.45. The van der Waals surface area contributed by atoms with E-state index >= 15 is 0 Å². The summed E-state index contributed by atoms with van der Waals surface area (Å²) in [5.41, 5.74) is 2.45. The number of hydrogen-bond donors (Lipinski definition) is 0. The molecule has 0 saturated carbocycles. The molecular formula is C18H20FN5O2. The highest BCUT2D eigenvalue weighted by molar-refractivity contribution is 5.55. The summed E-state index contributed by atoms with van der Waals surface area (Å²) in [5.74, 6) is 0.360. The Balaban J connectivity index is 1.44. The van der Waals surface area contributed by atoms with E-state index in [0.29, 0.717) is 12.5 Å². The zero-order valence-corrected chi connectivity index (χ0v) is 14.5. The monoisotopic (exact) mass is 357 g/mol. The number of ether oxygens (including phenoxy) is 2. The van der Waals surface area contributed by atoms with E-state index in [-0.39, 0.29) is 11.6 Å². The molecule has 1 fully saturated rings. The van der Waals surface area contributed by atoms with Crippen LogP contribution in [0, 0.1) is 11.7 Å². The molecule has 3 aromatic rings. The van der Waals surface area contributed by atoms with Crippen LogP contribution in [0.4, 0.5) is 4.39 Å². The average Bonchev–Trinajstić information content (AvgIpc) is 3.37. The van der Waals surface area contributed by atoms with Gasteiger partial charge in [0.05, 0.1) is 32.7 Å². The molecule has 0 bridgehead atoms. The molecule has 26 heavy (non-hydrogen) atoms. The third kappa shape index (κ3) is 3.60. The number of aromatic nitrogens is 5. The summed E-state index contributed by atoms with van der Waals surface area (Å²) in [4.78, 5) is 0. The maximum atomic E-state index is 13.8. The van der Waals surface area contributed by atoms with Crippen LogP contribution < -0.4 is 4.74 Å². The van der Waals surface area contributed by atoms with E-state index in [2.05, 4.69) is 15.4 Å². The first-order valence-corrected chi connectivity index (χ1v) is 8.54. The minimum Gasteiger partial charge on any atom is -0.494 e. The van der Waals surface area contributed by atoms with E-state index < -0.39 is 0 Å². The van der Waals surface area contributed by atoms with Gasteiger partial charge in [-0.15, -0.1) is 5.10 Å². The van der Waals surface area contributed by atoms with Crippen molar-refractivity contribution in [3.63, 3.8) is 0 Å². The molecule has 1 unspecified atom stereocenters. The lowest BCUT2D eigenvalue weighted by atomic mass is 10.1. The Bertz CT molecular complexity index is 885. The van der Waals surface area contributed by atoms with Gasteiger partial charge in [-0.3, -0.25) is 4.68 Å². The van der Waals surface area contributed by atoms with Crippen molar-refractivity contribution >= 4 is 0 Å². The van der Waals surface area contributed by atoms with Crippen LogP contribution in [0.2, 0.25) is 0 Å². The van der Waals surface area contributed by atoms with E-state index in [1.807, 2.05) is 23.1 Å². The fourth-order valence-electron chi connectivity index (χ4n) is 3.09. The Labute approximate surface area is 150 Å². The molecule has 0 aliphatic carbocycles. The molecule has 1 aliphatic rings. The van der Waals surface area contributed by atoms with Crippen LogP contribution in [0.25, 0.3) is 11.3 Å². The summed E-state index contributed by atoms with van der Waals surface area (Å²) >= 11 is 0. The molecule has 1 aliphatic heterocycles. The number of halogens is 1. The first kappa shape index (κ1) is 16.7. The fraction of sp³-hybridized carbons (Fsp3) is 0.389. The maximum Gasteiger partial charge on any atom is 0.165 e. The molecule has 1 saturated heterocycles. The second-order valence-corrected chi connectivity index (χ2v) is 6.45. The van der Waals surface area contributed by atoms with Gasteiger partial charge in [-0.05, 0) is 24.1 Å². The molecule has 7 nitrogen and oxygen atoms in total. The first-order valence-electron chi connectivity index (χ1n) is 8.54. The predicted octanol–water partition coefficient (Wildman–Crippen LogP) is 2.37. The Morgan fingerprint density at radius 1 is 1.31 bits per heavy atom. The van der Waals surface area contributed by atoms with E-state index in [4.69, 9.17) is 9.47 Å². The molecule has 0 N–H and O–H groups in total. The summed E-state index contributed by atoms with van der Waals surface area (Å²) in [6.07, 6.45) is 6.67. The molecule has 1 aromatic carbocycles. The minimum atomic E-state index is -0.387. The van der Waals surface area contributed by atoms with Gasteiger partial charge in [0, 0.05) is 30.8 Å². The lowest BCUT2D eigenvalue weighted by Gasteiger charge is -2.06. The van der Waals surface area contributed by atoms with Crippen molar-refractivity contribution in [3.8, 4) is 17.0 Å². The molecule has 0 spiro atoms. The largest absolute Gasteiger partial charge is 0.494 e. The number of nitrogens with zero attached hydrogens (tertiary/aromatic N) is 5. The Kier molecular flexibility index (Phi) is 4.66. The van der Waals surface area contributed by atoms with Crippen molar-refractivity contribution in [2.75, 3.05) is 20.3 Å². The molecule has 2 aromatic heterocycles. The SMILES string of the molecule is COc1ccc(Cn2cc(-c3cnn(CC4CCOC4)c3)nn2)cc1F. The van der Waals surface area contributed by atoms with Gasteiger partial charge in [-0.1, -0.05) is 11.3 Å². The highest BCUT2D eigenvalue weighted by Gasteiger charge is 2.17. The molecule has 4 rings (SSSR count). The van der Waals surface area contributed by atoms with Crippen LogP contribution in [-0.4, -0.2) is 45.1 Å². The van der Waals surface area contributed by atoms with Gasteiger partial charge in [-0.2, -0.15) is 5.10 Å². The second kappa shape index (κ2) is 7.25. The molecular weight excluding hydrogens is 337 g/mol. The smallest absolute Gasteiger partial charge is 0.165 e. The van der Waals surface area contributed by atoms with Crippen molar-refractivity contribution < 1.29 is 13.9 Å². The van der Waals surface area contributed by atoms with E-state index in [9.17, 15) is 4.39 Å². The number of rotatable bonds is 6. The maximum absolute atomic E-state index is 13.8. The van der Waals surface area contributed by atoms with Crippen molar-refractivity contribution in [2.24, 2.45) is 5.92 Å². The lowest BCUT2D eigenvalue weighted by Crippen LogP contribution is -2.10. The summed E-state index contributed by atoms with van der Waals surface area (Å²) in [7, 11) is 1.45. The van der Waals surface area contributed by atoms with E-state index in [1.54, 1.807) is 16.9 Å². The quantitative estimate of drug-likeness (QED) is 0.678. The van der Waals surface area contributed by atoms with Gasteiger partial charge in [0.25, 0.3) is 0 Å². The van der Waals surface area contributed by atoms with Crippen LogP contribution >= 0.6 is 0 Å². The van der Waals surface area contributed by atoms with Crippen molar-refractivity contribution in [1.82, 2.24) is 24.8 Å². The van der Waals surface area contributed by atoms with Crippen molar-refractivity contribution in [1.29, 1.82) is 0 Å². The molecule has 3 heterocycles. The van der Waals surface area contributed by atoms with E-state index in [1.165, 1.54) is 13.2 Å². The molecule has 8 heteroatoms.